The highest BCUT2D eigenvalue weighted by Gasteiger charge is 2.32. The van der Waals surface area contributed by atoms with Gasteiger partial charge in [-0.05, 0) is 46.1 Å². The Morgan fingerprint density at radius 2 is 1.91 bits per heavy atom. The van der Waals surface area contributed by atoms with Crippen LogP contribution in [0.5, 0.6) is 0 Å². The number of halogens is 3. The minimum absolute atomic E-state index is 0.0604. The number of nitrogens with zero attached hydrogens (tertiary/aromatic N) is 3. The molecule has 0 saturated heterocycles. The minimum atomic E-state index is -4.83. The Morgan fingerprint density at radius 3 is 2.41 bits per heavy atom. The number of fused-ring (bicyclic) bond motifs is 1. The fourth-order valence-electron chi connectivity index (χ4n) is 3.43. The summed E-state index contributed by atoms with van der Waals surface area (Å²) in [6, 6.07) is -0.265. The standard InChI is InChI=1S/C19H25F3N4O5S/c1-10-12(9-23-26(17(29)30)18(2,3)4)32-15-13(10)14(27)25(11-5-6-11)16(28)24(15)7-8-31-19(20,21)22/h11,23H,5-9H2,1-4H3,(H,29,30). The SMILES string of the molecule is Cc1c(CNN(C(=O)O)C(C)(C)C)sc2c1c(=O)n(C1CC1)c(=O)n2CCOC(F)(F)F. The summed E-state index contributed by atoms with van der Waals surface area (Å²) < 4.78 is 43.4. The molecule has 0 radical (unpaired) electrons. The maximum absolute atomic E-state index is 13.1. The van der Waals surface area contributed by atoms with Gasteiger partial charge in [-0.25, -0.2) is 20.0 Å². The van der Waals surface area contributed by atoms with Crippen LogP contribution < -0.4 is 16.7 Å². The molecule has 3 rings (SSSR count). The van der Waals surface area contributed by atoms with E-state index in [2.05, 4.69) is 10.2 Å². The number of aromatic nitrogens is 2. The van der Waals surface area contributed by atoms with Crippen LogP contribution in [0.1, 0.15) is 50.1 Å². The molecule has 0 aromatic carbocycles. The van der Waals surface area contributed by atoms with E-state index in [4.69, 9.17) is 0 Å². The Bertz CT molecular complexity index is 1140. The topological polar surface area (TPSA) is 106 Å². The van der Waals surface area contributed by atoms with E-state index in [1.54, 1.807) is 27.7 Å². The van der Waals surface area contributed by atoms with Crippen LogP contribution in [0, 0.1) is 6.92 Å². The number of aryl methyl sites for hydroxylation is 1. The van der Waals surface area contributed by atoms with Crippen molar-refractivity contribution in [2.24, 2.45) is 0 Å². The second-order valence-corrected chi connectivity index (χ2v) is 9.67. The first kappa shape index (κ1) is 24.3. The second kappa shape index (κ2) is 8.52. The van der Waals surface area contributed by atoms with Crippen molar-refractivity contribution < 1.29 is 27.8 Å². The summed E-state index contributed by atoms with van der Waals surface area (Å²) in [4.78, 5) is 38.4. The lowest BCUT2D eigenvalue weighted by Gasteiger charge is -2.33. The molecule has 0 atom stereocenters. The van der Waals surface area contributed by atoms with Crippen molar-refractivity contribution in [3.8, 4) is 0 Å². The normalized spacial score (nSPS) is 14.8. The summed E-state index contributed by atoms with van der Waals surface area (Å²) in [7, 11) is 0. The highest BCUT2D eigenvalue weighted by Crippen LogP contribution is 2.34. The van der Waals surface area contributed by atoms with Crippen molar-refractivity contribution in [3.05, 3.63) is 31.3 Å². The highest BCUT2D eigenvalue weighted by molar-refractivity contribution is 7.18. The van der Waals surface area contributed by atoms with Crippen molar-refractivity contribution in [2.45, 2.75) is 71.6 Å². The molecule has 2 aromatic heterocycles. The number of hydrazine groups is 1. The zero-order chi connectivity index (χ0) is 24.0. The molecule has 13 heteroatoms. The predicted octanol–water partition coefficient (Wildman–Crippen LogP) is 3.19. The van der Waals surface area contributed by atoms with Crippen molar-refractivity contribution in [1.82, 2.24) is 19.6 Å². The lowest BCUT2D eigenvalue weighted by molar-refractivity contribution is -0.325. The van der Waals surface area contributed by atoms with E-state index in [0.29, 0.717) is 23.3 Å². The van der Waals surface area contributed by atoms with Gasteiger partial charge >= 0.3 is 18.1 Å². The molecule has 0 spiro atoms. The van der Waals surface area contributed by atoms with Gasteiger partial charge in [-0.3, -0.25) is 18.7 Å². The number of hydrogen-bond donors (Lipinski definition) is 2. The Hall–Kier alpha value is -2.38. The van der Waals surface area contributed by atoms with E-state index in [-0.39, 0.29) is 29.3 Å². The summed E-state index contributed by atoms with van der Waals surface area (Å²) >= 11 is 1.07. The summed E-state index contributed by atoms with van der Waals surface area (Å²) in [5.41, 5.74) is 1.48. The van der Waals surface area contributed by atoms with E-state index in [9.17, 15) is 32.7 Å². The fraction of sp³-hybridized carbons (Fsp3) is 0.632. The molecule has 2 aromatic rings. The van der Waals surface area contributed by atoms with Crippen LogP contribution in [-0.4, -0.2) is 43.9 Å². The molecule has 1 saturated carbocycles. The van der Waals surface area contributed by atoms with Crippen molar-refractivity contribution in [2.75, 3.05) is 6.61 Å². The minimum Gasteiger partial charge on any atom is -0.464 e. The molecule has 1 aliphatic carbocycles. The summed E-state index contributed by atoms with van der Waals surface area (Å²) in [6.07, 6.45) is -4.72. The van der Waals surface area contributed by atoms with E-state index in [1.807, 2.05) is 0 Å². The quantitative estimate of drug-likeness (QED) is 0.592. The number of hydrogen-bond acceptors (Lipinski definition) is 6. The van der Waals surface area contributed by atoms with E-state index >= 15 is 0 Å². The predicted molar refractivity (Wildman–Crippen MR) is 112 cm³/mol. The number of amides is 1. The summed E-state index contributed by atoms with van der Waals surface area (Å²) in [5.74, 6) is 0. The maximum atomic E-state index is 13.1. The van der Waals surface area contributed by atoms with E-state index < -0.39 is 35.9 Å². The zero-order valence-corrected chi connectivity index (χ0v) is 18.9. The summed E-state index contributed by atoms with van der Waals surface area (Å²) in [5, 5.41) is 10.7. The van der Waals surface area contributed by atoms with Gasteiger partial charge in [0.2, 0.25) is 0 Å². The maximum Gasteiger partial charge on any atom is 0.522 e. The van der Waals surface area contributed by atoms with Gasteiger partial charge in [0.05, 0.1) is 30.6 Å². The van der Waals surface area contributed by atoms with Crippen molar-refractivity contribution in [1.29, 1.82) is 0 Å². The molecule has 0 aliphatic heterocycles. The molecule has 1 fully saturated rings. The zero-order valence-electron chi connectivity index (χ0n) is 18.1. The molecule has 2 N–H and O–H groups in total. The first-order chi connectivity index (χ1) is 14.7. The smallest absolute Gasteiger partial charge is 0.464 e. The first-order valence-corrected chi connectivity index (χ1v) is 10.8. The van der Waals surface area contributed by atoms with Crippen LogP contribution in [0.4, 0.5) is 18.0 Å². The lowest BCUT2D eigenvalue weighted by atomic mass is 10.1. The Morgan fingerprint density at radius 1 is 1.28 bits per heavy atom. The first-order valence-electron chi connectivity index (χ1n) is 9.97. The van der Waals surface area contributed by atoms with E-state index in [0.717, 1.165) is 25.5 Å². The third kappa shape index (κ3) is 4.99. The van der Waals surface area contributed by atoms with Gasteiger partial charge in [0.15, 0.2) is 0 Å². The summed E-state index contributed by atoms with van der Waals surface area (Å²) in [6.45, 7) is 5.71. The third-order valence-corrected chi connectivity index (χ3v) is 6.41. The number of carboxylic acid groups (broad SMARTS) is 1. The monoisotopic (exact) mass is 478 g/mol. The van der Waals surface area contributed by atoms with Gasteiger partial charge in [-0.1, -0.05) is 0 Å². The van der Waals surface area contributed by atoms with Gasteiger partial charge in [-0.2, -0.15) is 0 Å². The van der Waals surface area contributed by atoms with Crippen LogP contribution in [0.25, 0.3) is 10.2 Å². The van der Waals surface area contributed by atoms with Gasteiger partial charge < -0.3 is 5.11 Å². The Balaban J connectivity index is 2.04. The van der Waals surface area contributed by atoms with Crippen LogP contribution in [0.2, 0.25) is 0 Å². The number of rotatable bonds is 7. The number of nitrogens with one attached hydrogen (secondary N) is 1. The molecule has 1 amide bonds. The average Bonchev–Trinajstić information content (AvgIpc) is 3.40. The van der Waals surface area contributed by atoms with Crippen LogP contribution in [-0.2, 0) is 17.8 Å². The average molecular weight is 478 g/mol. The molecule has 178 valence electrons. The number of ether oxygens (including phenoxy) is 1. The van der Waals surface area contributed by atoms with E-state index in [1.165, 1.54) is 0 Å². The van der Waals surface area contributed by atoms with Crippen molar-refractivity contribution >= 4 is 27.6 Å². The number of alkyl halides is 3. The second-order valence-electron chi connectivity index (χ2n) is 8.59. The highest BCUT2D eigenvalue weighted by atomic mass is 32.1. The molecule has 2 heterocycles. The largest absolute Gasteiger partial charge is 0.522 e. The number of carbonyl (C=O) groups is 1. The molecule has 0 unspecified atom stereocenters. The van der Waals surface area contributed by atoms with Gasteiger partial charge in [-0.15, -0.1) is 24.5 Å². The van der Waals surface area contributed by atoms with Crippen LogP contribution in [0.15, 0.2) is 9.59 Å². The molecular weight excluding hydrogens is 453 g/mol. The Labute approximate surface area is 185 Å². The lowest BCUT2D eigenvalue weighted by Crippen LogP contribution is -2.52. The Kier molecular flexibility index (Phi) is 6.46. The van der Waals surface area contributed by atoms with Crippen LogP contribution in [0.3, 0.4) is 0 Å². The molecule has 9 nitrogen and oxygen atoms in total. The molecule has 1 aliphatic rings. The molecular formula is C19H25F3N4O5S. The number of thiophene rings is 1. The van der Waals surface area contributed by atoms with Gasteiger partial charge in [0, 0.05) is 10.9 Å². The van der Waals surface area contributed by atoms with Gasteiger partial charge in [0.25, 0.3) is 5.56 Å². The fourth-order valence-corrected chi connectivity index (χ4v) is 4.67. The van der Waals surface area contributed by atoms with Crippen molar-refractivity contribution in [3.63, 3.8) is 0 Å². The van der Waals surface area contributed by atoms with Gasteiger partial charge in [0.1, 0.15) is 4.83 Å². The van der Waals surface area contributed by atoms with Crippen LogP contribution >= 0.6 is 11.3 Å². The molecule has 0 bridgehead atoms. The third-order valence-electron chi connectivity index (χ3n) is 5.09. The molecule has 32 heavy (non-hydrogen) atoms.